The van der Waals surface area contributed by atoms with Crippen molar-refractivity contribution in [1.82, 2.24) is 9.80 Å². The largest absolute Gasteiger partial charge is 0.452 e. The molecule has 2 aliphatic heterocycles. The molecule has 0 radical (unpaired) electrons. The summed E-state index contributed by atoms with van der Waals surface area (Å²) < 4.78 is 9.83. The molecule has 33 heavy (non-hydrogen) atoms. The Bertz CT molecular complexity index is 1080. The summed E-state index contributed by atoms with van der Waals surface area (Å²) in [6.07, 6.45) is -2.52. The lowest BCUT2D eigenvalue weighted by atomic mass is 10.00. The highest BCUT2D eigenvalue weighted by Crippen LogP contribution is 2.34. The van der Waals surface area contributed by atoms with Gasteiger partial charge in [0.2, 0.25) is 0 Å². The van der Waals surface area contributed by atoms with E-state index in [0.717, 1.165) is 13.0 Å². The first kappa shape index (κ1) is 23.5. The zero-order valence-electron chi connectivity index (χ0n) is 17.6. The molecule has 1 saturated heterocycles. The van der Waals surface area contributed by atoms with Crippen LogP contribution in [0, 0.1) is 10.1 Å². The molecule has 0 aromatic heterocycles. The first-order valence-electron chi connectivity index (χ1n) is 9.97. The molecule has 0 saturated carbocycles. The summed E-state index contributed by atoms with van der Waals surface area (Å²) >= 11 is 0. The summed E-state index contributed by atoms with van der Waals surface area (Å²) in [7, 11) is 0. The zero-order valence-corrected chi connectivity index (χ0v) is 17.6. The topological polar surface area (TPSA) is 170 Å². The second kappa shape index (κ2) is 9.14. The second-order valence-electron chi connectivity index (χ2n) is 7.27. The Morgan fingerprint density at radius 3 is 2.45 bits per heavy atom. The number of amides is 5. The number of hydrogen-bond donors (Lipinski definition) is 0. The van der Waals surface area contributed by atoms with Crippen LogP contribution in [0.4, 0.5) is 10.5 Å². The van der Waals surface area contributed by atoms with Crippen molar-refractivity contribution >= 4 is 41.4 Å². The van der Waals surface area contributed by atoms with Crippen molar-refractivity contribution in [2.75, 3.05) is 6.61 Å². The van der Waals surface area contributed by atoms with Crippen LogP contribution in [-0.4, -0.2) is 69.2 Å². The van der Waals surface area contributed by atoms with E-state index in [9.17, 15) is 38.9 Å². The highest BCUT2D eigenvalue weighted by Gasteiger charge is 2.54. The van der Waals surface area contributed by atoms with E-state index in [-0.39, 0.29) is 17.1 Å². The normalized spacial score (nSPS) is 20.1. The molecule has 5 amide bonds. The van der Waals surface area contributed by atoms with Gasteiger partial charge in [-0.05, 0) is 12.5 Å². The minimum atomic E-state index is -1.74. The Kier molecular flexibility index (Phi) is 6.51. The zero-order chi connectivity index (χ0) is 24.4. The molecule has 2 heterocycles. The number of imide groups is 4. The van der Waals surface area contributed by atoms with Crippen LogP contribution in [0.5, 0.6) is 0 Å². The van der Waals surface area contributed by atoms with Gasteiger partial charge < -0.3 is 9.47 Å². The number of piperidine rings is 1. The van der Waals surface area contributed by atoms with E-state index < -0.39 is 70.4 Å². The first-order valence-corrected chi connectivity index (χ1v) is 9.97. The number of rotatable bonds is 6. The van der Waals surface area contributed by atoms with E-state index in [1.54, 1.807) is 0 Å². The molecule has 0 spiro atoms. The molecular weight excluding hydrogens is 442 g/mol. The fourth-order valence-electron chi connectivity index (χ4n) is 3.59. The number of unbranched alkanes of at least 4 members (excludes halogenated alkanes) is 1. The number of fused-ring (bicyclic) bond motifs is 1. The molecule has 0 bridgehead atoms. The lowest BCUT2D eigenvalue weighted by Gasteiger charge is -2.36. The van der Waals surface area contributed by atoms with Crippen LogP contribution in [-0.2, 0) is 23.9 Å². The summed E-state index contributed by atoms with van der Waals surface area (Å²) in [5, 5.41) is 11.3. The van der Waals surface area contributed by atoms with Crippen molar-refractivity contribution in [2.24, 2.45) is 0 Å². The number of ether oxygens (including phenoxy) is 2. The van der Waals surface area contributed by atoms with Gasteiger partial charge >= 0.3 is 12.1 Å². The Labute approximate surface area is 186 Å². The van der Waals surface area contributed by atoms with Gasteiger partial charge in [-0.3, -0.25) is 39.0 Å². The van der Waals surface area contributed by atoms with Crippen LogP contribution in [0.3, 0.4) is 0 Å². The maximum atomic E-state index is 13.1. The average molecular weight is 461 g/mol. The predicted octanol–water partition coefficient (Wildman–Crippen LogP) is 1.19. The third-order valence-electron chi connectivity index (χ3n) is 5.09. The second-order valence-corrected chi connectivity index (χ2v) is 7.27. The molecule has 3 rings (SSSR count). The molecule has 1 fully saturated rings. The van der Waals surface area contributed by atoms with E-state index in [0.29, 0.717) is 17.7 Å². The van der Waals surface area contributed by atoms with E-state index in [1.165, 1.54) is 12.1 Å². The van der Waals surface area contributed by atoms with Crippen LogP contribution in [0.1, 0.15) is 53.8 Å². The summed E-state index contributed by atoms with van der Waals surface area (Å²) in [6, 6.07) is 1.68. The summed E-state index contributed by atoms with van der Waals surface area (Å²) in [5.74, 6) is -5.50. The van der Waals surface area contributed by atoms with Crippen molar-refractivity contribution in [2.45, 2.75) is 45.3 Å². The molecule has 0 aliphatic carbocycles. The van der Waals surface area contributed by atoms with Crippen molar-refractivity contribution in [3.63, 3.8) is 0 Å². The van der Waals surface area contributed by atoms with Crippen molar-refractivity contribution in [1.29, 1.82) is 0 Å². The van der Waals surface area contributed by atoms with Gasteiger partial charge in [-0.15, -0.1) is 0 Å². The molecule has 2 aliphatic rings. The van der Waals surface area contributed by atoms with Crippen molar-refractivity contribution in [3.05, 3.63) is 39.4 Å². The molecule has 2 unspecified atom stereocenters. The Hall–Kier alpha value is -4.16. The fourth-order valence-corrected chi connectivity index (χ4v) is 3.59. The van der Waals surface area contributed by atoms with E-state index >= 15 is 0 Å². The number of likely N-dealkylation sites (tertiary alicyclic amines) is 1. The van der Waals surface area contributed by atoms with Gasteiger partial charge in [0.25, 0.3) is 29.3 Å². The van der Waals surface area contributed by atoms with Crippen molar-refractivity contribution < 1.29 is 43.2 Å². The number of carbonyl (C=O) groups is 6. The quantitative estimate of drug-likeness (QED) is 0.197. The van der Waals surface area contributed by atoms with Crippen LogP contribution in [0.25, 0.3) is 0 Å². The summed E-state index contributed by atoms with van der Waals surface area (Å²) in [4.78, 5) is 86.6. The van der Waals surface area contributed by atoms with Gasteiger partial charge in [-0.1, -0.05) is 19.4 Å². The van der Waals surface area contributed by atoms with E-state index in [4.69, 9.17) is 9.47 Å². The van der Waals surface area contributed by atoms with Gasteiger partial charge in [0, 0.05) is 19.4 Å². The highest BCUT2D eigenvalue weighted by molar-refractivity contribution is 6.26. The molecule has 1 aromatic rings. The monoisotopic (exact) mass is 461 g/mol. The molecular formula is C20H19N3O10. The molecule has 0 N–H and O–H groups in total. The van der Waals surface area contributed by atoms with Crippen molar-refractivity contribution in [3.8, 4) is 0 Å². The molecule has 174 valence electrons. The SMILES string of the molecule is CCCCOC(=O)N1C(=O)C(OC(C)=O)CC(N2C(=O)c3cccc([N+](=O)[O-])c3C2=O)C1=O. The fraction of sp³-hybridized carbons (Fsp3) is 0.400. The number of nitro benzene ring substituents is 1. The third-order valence-corrected chi connectivity index (χ3v) is 5.09. The first-order chi connectivity index (χ1) is 15.6. The molecule has 13 nitrogen and oxygen atoms in total. The van der Waals surface area contributed by atoms with Gasteiger partial charge in [0.1, 0.15) is 11.6 Å². The van der Waals surface area contributed by atoms with Crippen LogP contribution < -0.4 is 0 Å². The van der Waals surface area contributed by atoms with Gasteiger partial charge in [-0.25, -0.2) is 4.79 Å². The number of esters is 1. The standard InChI is InChI=1S/C20H19N3O10/c1-3-4-8-32-20(29)22-17(26)13(9-14(18(22)27)33-10(2)24)21-16(25)11-6-5-7-12(23(30)31)15(11)19(21)28/h5-7,13-14H,3-4,8-9H2,1-2H3. The lowest BCUT2D eigenvalue weighted by Crippen LogP contribution is -2.62. The Balaban J connectivity index is 2.00. The summed E-state index contributed by atoms with van der Waals surface area (Å²) in [5.41, 5.74) is -1.46. The van der Waals surface area contributed by atoms with Crippen LogP contribution >= 0.6 is 0 Å². The third kappa shape index (κ3) is 4.16. The molecule has 2 atom stereocenters. The smallest absolute Gasteiger partial charge is 0.423 e. The van der Waals surface area contributed by atoms with Gasteiger partial charge in [0.05, 0.1) is 17.1 Å². The number of carbonyl (C=O) groups excluding carboxylic acids is 6. The summed E-state index contributed by atoms with van der Waals surface area (Å²) in [6.45, 7) is 2.71. The molecule has 1 aromatic carbocycles. The molecule has 13 heteroatoms. The Morgan fingerprint density at radius 1 is 1.15 bits per heavy atom. The highest BCUT2D eigenvalue weighted by atomic mass is 16.6. The maximum absolute atomic E-state index is 13.1. The number of nitro groups is 1. The maximum Gasteiger partial charge on any atom is 0.423 e. The average Bonchev–Trinajstić information content (AvgIpc) is 3.00. The number of hydrogen-bond acceptors (Lipinski definition) is 10. The minimum absolute atomic E-state index is 0.0927. The van der Waals surface area contributed by atoms with E-state index in [1.807, 2.05) is 6.92 Å². The Morgan fingerprint density at radius 2 is 1.85 bits per heavy atom. The van der Waals surface area contributed by atoms with Crippen LogP contribution in [0.15, 0.2) is 18.2 Å². The lowest BCUT2D eigenvalue weighted by molar-refractivity contribution is -0.385. The van der Waals surface area contributed by atoms with E-state index in [2.05, 4.69) is 0 Å². The van der Waals surface area contributed by atoms with Crippen LogP contribution in [0.2, 0.25) is 0 Å². The minimum Gasteiger partial charge on any atom is -0.452 e. The number of benzene rings is 1. The van der Waals surface area contributed by atoms with Gasteiger partial charge in [0.15, 0.2) is 6.10 Å². The van der Waals surface area contributed by atoms with Gasteiger partial charge in [-0.2, -0.15) is 4.90 Å². The number of nitrogens with zero attached hydrogens (tertiary/aromatic N) is 3. The predicted molar refractivity (Wildman–Crippen MR) is 106 cm³/mol.